The molecule has 3 aliphatic rings. The van der Waals surface area contributed by atoms with Crippen molar-refractivity contribution in [3.63, 3.8) is 0 Å². The maximum absolute atomic E-state index is 12.4. The van der Waals surface area contributed by atoms with Gasteiger partial charge in [-0.3, -0.25) is 4.18 Å². The minimum Gasteiger partial charge on any atom is -0.263 e. The first-order valence-electron chi connectivity index (χ1n) is 7.94. The Morgan fingerprint density at radius 1 is 1.25 bits per heavy atom. The summed E-state index contributed by atoms with van der Waals surface area (Å²) in [6.45, 7) is 1.92. The van der Waals surface area contributed by atoms with Crippen LogP contribution < -0.4 is 0 Å². The van der Waals surface area contributed by atoms with Gasteiger partial charge < -0.3 is 0 Å². The molecule has 0 aromatic heterocycles. The minimum atomic E-state index is -3.76. The highest BCUT2D eigenvalue weighted by molar-refractivity contribution is 7.86. The number of aryl methyl sites for hydroxylation is 1. The monoisotopic (exact) mass is 293 g/mol. The topological polar surface area (TPSA) is 43.4 Å². The molecule has 2 bridgehead atoms. The van der Waals surface area contributed by atoms with Gasteiger partial charge >= 0.3 is 0 Å². The molecule has 0 N–H and O–H groups in total. The number of benzene rings is 1. The van der Waals surface area contributed by atoms with Crippen molar-refractivity contribution in [2.24, 2.45) is 17.3 Å². The zero-order valence-electron chi connectivity index (χ0n) is 12.6. The highest BCUT2D eigenvalue weighted by Gasteiger charge is 2.65. The van der Waals surface area contributed by atoms with Crippen LogP contribution in [-0.4, -0.2) is 14.5 Å². The van der Waals surface area contributed by atoms with E-state index < -0.39 is 16.2 Å². The Bertz CT molecular complexity index is 663. The van der Waals surface area contributed by atoms with Crippen molar-refractivity contribution in [1.29, 1.82) is 0 Å². The third-order valence-corrected chi connectivity index (χ3v) is 6.78. The summed E-state index contributed by atoms with van der Waals surface area (Å²) >= 11 is 0. The molecule has 4 atom stereocenters. The Hall–Kier alpha value is -0.870. The van der Waals surface area contributed by atoms with Gasteiger partial charge in [0, 0.05) is 1.37 Å². The van der Waals surface area contributed by atoms with Gasteiger partial charge in [-0.1, -0.05) is 17.7 Å². The smallest absolute Gasteiger partial charge is 0.263 e. The van der Waals surface area contributed by atoms with Crippen LogP contribution >= 0.6 is 0 Å². The van der Waals surface area contributed by atoms with E-state index in [-0.39, 0.29) is 22.6 Å². The molecule has 3 saturated carbocycles. The molecule has 4 heteroatoms. The lowest BCUT2D eigenvalue weighted by Crippen LogP contribution is -2.25. The largest absolute Gasteiger partial charge is 0.297 e. The number of rotatable bonds is 3. The molecule has 0 saturated heterocycles. The predicted molar refractivity (Wildman–Crippen MR) is 75.7 cm³/mol. The van der Waals surface area contributed by atoms with Gasteiger partial charge in [0.1, 0.15) is 0 Å². The first-order chi connectivity index (χ1) is 9.94. The van der Waals surface area contributed by atoms with Gasteiger partial charge in [-0.25, -0.2) is 0 Å². The molecule has 1 aromatic carbocycles. The van der Waals surface area contributed by atoms with Gasteiger partial charge in [-0.2, -0.15) is 8.42 Å². The van der Waals surface area contributed by atoms with E-state index >= 15 is 0 Å². The number of hydrogen-bond donors (Lipinski definition) is 0. The van der Waals surface area contributed by atoms with Crippen LogP contribution in [0.2, 0.25) is 0 Å². The molecule has 1 aromatic rings. The lowest BCUT2D eigenvalue weighted by molar-refractivity contribution is 0.136. The summed E-state index contributed by atoms with van der Waals surface area (Å²) in [6.07, 6.45) is 3.57. The highest BCUT2D eigenvalue weighted by atomic mass is 32.2. The average molecular weight is 293 g/mol. The summed E-state index contributed by atoms with van der Waals surface area (Å²) in [7, 11) is -3.76. The quantitative estimate of drug-likeness (QED) is 0.803. The lowest BCUT2D eigenvalue weighted by atomic mass is 9.94. The fraction of sp³-hybridized carbons (Fsp3) is 0.625. The van der Waals surface area contributed by atoms with Crippen molar-refractivity contribution in [2.45, 2.75) is 50.0 Å². The Labute approximate surface area is 121 Å². The maximum Gasteiger partial charge on any atom is 0.297 e. The Morgan fingerprint density at radius 2 is 1.95 bits per heavy atom. The summed E-state index contributed by atoms with van der Waals surface area (Å²) in [5.41, 5.74) is 1.27. The molecular formula is C16H20O3S. The van der Waals surface area contributed by atoms with Crippen LogP contribution in [0.15, 0.2) is 29.2 Å². The fourth-order valence-electron chi connectivity index (χ4n) is 4.24. The molecule has 0 unspecified atom stereocenters. The van der Waals surface area contributed by atoms with Gasteiger partial charge in [-0.05, 0) is 68.4 Å². The van der Waals surface area contributed by atoms with Crippen molar-refractivity contribution >= 4 is 10.1 Å². The summed E-state index contributed by atoms with van der Waals surface area (Å²) in [5.74, 6) is 0.617. The molecule has 3 fully saturated rings. The maximum atomic E-state index is 12.4. The van der Waals surface area contributed by atoms with Crippen LogP contribution in [0.5, 0.6) is 0 Å². The van der Waals surface area contributed by atoms with Crippen molar-refractivity contribution in [1.82, 2.24) is 0 Å². The second kappa shape index (κ2) is 4.08. The number of hydrogen-bond acceptors (Lipinski definition) is 3. The first-order valence-corrected chi connectivity index (χ1v) is 8.77. The van der Waals surface area contributed by atoms with Crippen molar-refractivity contribution < 1.29 is 14.0 Å². The molecule has 108 valence electrons. The molecule has 0 heterocycles. The standard InChI is InChI=1S/C16H20O3S/c1-11-2-5-13(6-3-11)20(17,18)19-15-10-12-4-7-14(15)16(12)8-9-16/h2-3,5-6,12,14-15H,4,7-10H2,1H3/t12-,14+,15-/m0/s1/i10D/t10-,12-,14+,15-. The predicted octanol–water partition coefficient (Wildman–Crippen LogP) is 3.28. The zero-order chi connectivity index (χ0) is 14.8. The van der Waals surface area contributed by atoms with E-state index in [0.29, 0.717) is 5.92 Å². The van der Waals surface area contributed by atoms with Crippen LogP contribution in [0.25, 0.3) is 0 Å². The summed E-state index contributed by atoms with van der Waals surface area (Å²) in [4.78, 5) is 0.202. The first kappa shape index (κ1) is 11.8. The molecule has 1 spiro atoms. The van der Waals surface area contributed by atoms with E-state index in [1.807, 2.05) is 6.92 Å². The van der Waals surface area contributed by atoms with Crippen LogP contribution in [0.4, 0.5) is 0 Å². The summed E-state index contributed by atoms with van der Waals surface area (Å²) in [5, 5.41) is 0. The molecule has 0 radical (unpaired) electrons. The summed E-state index contributed by atoms with van der Waals surface area (Å²) < 4.78 is 38.8. The molecule has 20 heavy (non-hydrogen) atoms. The van der Waals surface area contributed by atoms with Crippen molar-refractivity contribution in [2.75, 3.05) is 0 Å². The van der Waals surface area contributed by atoms with E-state index in [2.05, 4.69) is 0 Å². The Balaban J connectivity index is 1.60. The normalized spacial score (nSPS) is 38.1. The van der Waals surface area contributed by atoms with Gasteiger partial charge in [0.15, 0.2) is 0 Å². The van der Waals surface area contributed by atoms with Crippen molar-refractivity contribution in [3.05, 3.63) is 29.8 Å². The second-order valence-corrected chi connectivity index (χ2v) is 8.12. The summed E-state index contributed by atoms with van der Waals surface area (Å²) in [6, 6.07) is 6.72. The molecule has 4 rings (SSSR count). The molecule has 3 aliphatic carbocycles. The van der Waals surface area contributed by atoms with Crippen molar-refractivity contribution in [3.8, 4) is 0 Å². The third-order valence-electron chi connectivity index (χ3n) is 5.46. The van der Waals surface area contributed by atoms with Crippen LogP contribution in [0, 0.1) is 24.2 Å². The van der Waals surface area contributed by atoms with Gasteiger partial charge in [0.25, 0.3) is 10.1 Å². The van der Waals surface area contributed by atoms with Gasteiger partial charge in [0.05, 0.1) is 11.0 Å². The Kier molecular flexibility index (Phi) is 2.40. The van der Waals surface area contributed by atoms with Gasteiger partial charge in [-0.15, -0.1) is 0 Å². The third kappa shape index (κ3) is 1.77. The second-order valence-electron chi connectivity index (χ2n) is 6.54. The van der Waals surface area contributed by atoms with Gasteiger partial charge in [0.2, 0.25) is 0 Å². The molecule has 0 amide bonds. The van der Waals surface area contributed by atoms with E-state index in [0.717, 1.165) is 31.2 Å². The highest BCUT2D eigenvalue weighted by Crippen LogP contribution is 2.71. The van der Waals surface area contributed by atoms with Crippen LogP contribution in [0.1, 0.15) is 39.0 Å². The minimum absolute atomic E-state index is 0.202. The van der Waals surface area contributed by atoms with Crippen LogP contribution in [0.3, 0.4) is 0 Å². The van der Waals surface area contributed by atoms with Crippen LogP contribution in [-0.2, 0) is 14.3 Å². The molecule has 3 nitrogen and oxygen atoms in total. The average Bonchev–Trinajstić information content (AvgIpc) is 3.09. The SMILES string of the molecule is [2H][C@@H]1[C@H](OS(=O)(=O)c2ccc(C)cc2)[C@H]2CC[C@@H]1C21CC1. The Morgan fingerprint density at radius 3 is 2.55 bits per heavy atom. The van der Waals surface area contributed by atoms with E-state index in [1.165, 1.54) is 0 Å². The fourth-order valence-corrected chi connectivity index (χ4v) is 5.31. The van der Waals surface area contributed by atoms with E-state index in [4.69, 9.17) is 5.55 Å². The molecular weight excluding hydrogens is 272 g/mol. The van der Waals surface area contributed by atoms with E-state index in [1.54, 1.807) is 24.3 Å². The lowest BCUT2D eigenvalue weighted by Gasteiger charge is -2.22. The molecule has 0 aliphatic heterocycles. The zero-order valence-corrected chi connectivity index (χ0v) is 12.4. The van der Waals surface area contributed by atoms with E-state index in [9.17, 15) is 8.42 Å².